The molecule has 3 aliphatic rings. The van der Waals surface area contributed by atoms with Gasteiger partial charge >= 0.3 is 5.97 Å². The van der Waals surface area contributed by atoms with Crippen molar-refractivity contribution in [2.45, 2.75) is 76.7 Å². The highest BCUT2D eigenvalue weighted by Gasteiger charge is 2.42. The number of hydrogen-bond donors (Lipinski definition) is 1. The molecule has 0 bridgehead atoms. The molecule has 0 aromatic heterocycles. The van der Waals surface area contributed by atoms with Gasteiger partial charge in [0, 0.05) is 29.3 Å². The summed E-state index contributed by atoms with van der Waals surface area (Å²) in [5, 5.41) is 3.45. The molecule has 1 saturated carbocycles. The van der Waals surface area contributed by atoms with E-state index in [1.54, 1.807) is 21.3 Å². The Balaban J connectivity index is 1.55. The minimum absolute atomic E-state index is 0.00234. The van der Waals surface area contributed by atoms with Gasteiger partial charge in [-0.2, -0.15) is 0 Å². The maximum atomic E-state index is 14.1. The number of Topliss-reactive ketones (excluding diaryl/α,β-unsaturated/α-hetero) is 1. The lowest BCUT2D eigenvalue weighted by molar-refractivity contribution is -0.144. The van der Waals surface area contributed by atoms with Crippen LogP contribution in [0.3, 0.4) is 0 Å². The van der Waals surface area contributed by atoms with Crippen molar-refractivity contribution in [2.75, 3.05) is 27.9 Å². The number of ketones is 1. The summed E-state index contributed by atoms with van der Waals surface area (Å²) in [6.07, 6.45) is 5.55. The van der Waals surface area contributed by atoms with Gasteiger partial charge in [-0.05, 0) is 86.8 Å². The first kappa shape index (κ1) is 29.5. The highest BCUT2D eigenvalue weighted by Crippen LogP contribution is 2.48. The number of allylic oxidation sites excluding steroid dienone is 3. The Labute approximate surface area is 248 Å². The van der Waals surface area contributed by atoms with Crippen molar-refractivity contribution >= 4 is 11.8 Å². The number of ether oxygens (including phenoxy) is 5. The van der Waals surface area contributed by atoms with E-state index in [2.05, 4.69) is 5.32 Å². The lowest BCUT2D eigenvalue weighted by Crippen LogP contribution is -2.36. The van der Waals surface area contributed by atoms with E-state index >= 15 is 0 Å². The van der Waals surface area contributed by atoms with E-state index in [1.165, 1.54) is 0 Å². The monoisotopic (exact) mass is 575 g/mol. The Bertz CT molecular complexity index is 1400. The summed E-state index contributed by atoms with van der Waals surface area (Å²) in [5.74, 6) is 1.46. The highest BCUT2D eigenvalue weighted by atomic mass is 16.5. The third kappa shape index (κ3) is 5.85. The van der Waals surface area contributed by atoms with Crippen molar-refractivity contribution in [2.24, 2.45) is 0 Å². The summed E-state index contributed by atoms with van der Waals surface area (Å²) in [4.78, 5) is 27.8. The average Bonchev–Trinajstić information content (AvgIpc) is 3.51. The number of benzene rings is 2. The first-order valence-electron chi connectivity index (χ1n) is 14.9. The molecule has 8 heteroatoms. The lowest BCUT2D eigenvalue weighted by atomic mass is 9.71. The number of rotatable bonds is 10. The van der Waals surface area contributed by atoms with E-state index in [0.29, 0.717) is 59.3 Å². The molecule has 1 heterocycles. The minimum Gasteiger partial charge on any atom is -0.493 e. The molecule has 0 radical (unpaired) electrons. The Hall–Kier alpha value is -3.94. The molecule has 2 aromatic rings. The number of nitrogens with one attached hydrogen (secondary N) is 1. The summed E-state index contributed by atoms with van der Waals surface area (Å²) in [5.41, 5.74) is 4.41. The number of methoxy groups -OCH3 is 3. The molecule has 1 N–H and O–H groups in total. The largest absolute Gasteiger partial charge is 0.493 e. The molecule has 5 rings (SSSR count). The predicted octanol–water partition coefficient (Wildman–Crippen LogP) is 6.35. The Kier molecular flexibility index (Phi) is 9.09. The molecular weight excluding hydrogens is 534 g/mol. The SMILES string of the molecule is CCCOc1ccc([C@H]2C(C(=O)OC3CCCC3)=C(C)NC3=C2C(=O)C[C@@H](c2ccc(OC)c(OC)c2)C3)cc1OC. The van der Waals surface area contributed by atoms with Crippen LogP contribution in [0.2, 0.25) is 0 Å². The zero-order valence-electron chi connectivity index (χ0n) is 25.2. The molecule has 1 fully saturated rings. The molecule has 8 nitrogen and oxygen atoms in total. The van der Waals surface area contributed by atoms with Crippen LogP contribution in [-0.2, 0) is 14.3 Å². The first-order chi connectivity index (χ1) is 20.4. The van der Waals surface area contributed by atoms with Crippen molar-refractivity contribution in [3.8, 4) is 23.0 Å². The minimum atomic E-state index is -0.580. The average molecular weight is 576 g/mol. The molecule has 2 aliphatic carbocycles. The summed E-state index contributed by atoms with van der Waals surface area (Å²) in [7, 11) is 4.81. The van der Waals surface area contributed by atoms with Crippen LogP contribution in [-0.4, -0.2) is 45.8 Å². The zero-order chi connectivity index (χ0) is 29.8. The van der Waals surface area contributed by atoms with Gasteiger partial charge in [-0.3, -0.25) is 4.79 Å². The van der Waals surface area contributed by atoms with Gasteiger partial charge in [0.2, 0.25) is 0 Å². The summed E-state index contributed by atoms with van der Waals surface area (Å²) < 4.78 is 28.5. The van der Waals surface area contributed by atoms with Crippen LogP contribution in [0.4, 0.5) is 0 Å². The number of hydrogen-bond acceptors (Lipinski definition) is 8. The van der Waals surface area contributed by atoms with Gasteiger partial charge in [-0.1, -0.05) is 19.1 Å². The van der Waals surface area contributed by atoms with Gasteiger partial charge in [-0.25, -0.2) is 4.79 Å². The van der Waals surface area contributed by atoms with Crippen LogP contribution in [0, 0.1) is 0 Å². The predicted molar refractivity (Wildman–Crippen MR) is 159 cm³/mol. The van der Waals surface area contributed by atoms with Gasteiger partial charge in [0.25, 0.3) is 0 Å². The topological polar surface area (TPSA) is 92.3 Å². The molecule has 0 amide bonds. The van der Waals surface area contributed by atoms with Crippen molar-refractivity contribution in [3.05, 3.63) is 70.1 Å². The number of dihydropyridines is 1. The van der Waals surface area contributed by atoms with Crippen molar-refractivity contribution in [3.63, 3.8) is 0 Å². The van der Waals surface area contributed by atoms with Crippen LogP contribution < -0.4 is 24.3 Å². The molecule has 2 atom stereocenters. The van der Waals surface area contributed by atoms with E-state index in [9.17, 15) is 9.59 Å². The molecular formula is C34H41NO7. The molecule has 42 heavy (non-hydrogen) atoms. The second-order valence-electron chi connectivity index (χ2n) is 11.2. The Morgan fingerprint density at radius 2 is 1.52 bits per heavy atom. The van der Waals surface area contributed by atoms with Gasteiger partial charge in [0.15, 0.2) is 28.8 Å². The van der Waals surface area contributed by atoms with Gasteiger partial charge in [-0.15, -0.1) is 0 Å². The smallest absolute Gasteiger partial charge is 0.337 e. The molecule has 224 valence electrons. The number of carbonyl (C=O) groups is 2. The van der Waals surface area contributed by atoms with Gasteiger partial charge in [0.1, 0.15) is 6.10 Å². The van der Waals surface area contributed by atoms with E-state index in [4.69, 9.17) is 23.7 Å². The van der Waals surface area contributed by atoms with Crippen LogP contribution in [0.1, 0.15) is 81.8 Å². The molecule has 0 unspecified atom stereocenters. The first-order valence-corrected chi connectivity index (χ1v) is 14.9. The second-order valence-corrected chi connectivity index (χ2v) is 11.2. The molecule has 0 saturated heterocycles. The fourth-order valence-corrected chi connectivity index (χ4v) is 6.40. The van der Waals surface area contributed by atoms with Crippen LogP contribution in [0.25, 0.3) is 0 Å². The third-order valence-corrected chi connectivity index (χ3v) is 8.49. The molecule has 0 spiro atoms. The summed E-state index contributed by atoms with van der Waals surface area (Å²) in [6.45, 7) is 4.50. The van der Waals surface area contributed by atoms with E-state index < -0.39 is 5.92 Å². The zero-order valence-corrected chi connectivity index (χ0v) is 25.2. The van der Waals surface area contributed by atoms with Gasteiger partial charge < -0.3 is 29.0 Å². The maximum Gasteiger partial charge on any atom is 0.337 e. The van der Waals surface area contributed by atoms with Crippen LogP contribution in [0.15, 0.2) is 58.9 Å². The van der Waals surface area contributed by atoms with E-state index in [-0.39, 0.29) is 23.8 Å². The van der Waals surface area contributed by atoms with Crippen molar-refractivity contribution in [1.29, 1.82) is 0 Å². The van der Waals surface area contributed by atoms with E-state index in [0.717, 1.165) is 48.9 Å². The maximum absolute atomic E-state index is 14.1. The van der Waals surface area contributed by atoms with E-state index in [1.807, 2.05) is 50.2 Å². The third-order valence-electron chi connectivity index (χ3n) is 8.49. The molecule has 2 aromatic carbocycles. The van der Waals surface area contributed by atoms with Crippen LogP contribution in [0.5, 0.6) is 23.0 Å². The quantitative estimate of drug-likeness (QED) is 0.328. The van der Waals surface area contributed by atoms with Gasteiger partial charge in [0.05, 0.1) is 33.5 Å². The lowest BCUT2D eigenvalue weighted by Gasteiger charge is -2.37. The Morgan fingerprint density at radius 1 is 0.881 bits per heavy atom. The fourth-order valence-electron chi connectivity index (χ4n) is 6.40. The second kappa shape index (κ2) is 12.9. The normalized spacial score (nSPS) is 20.6. The van der Waals surface area contributed by atoms with Crippen LogP contribution >= 0.6 is 0 Å². The fraction of sp³-hybridized carbons (Fsp3) is 0.471. The van der Waals surface area contributed by atoms with Crippen molar-refractivity contribution in [1.82, 2.24) is 5.32 Å². The summed E-state index contributed by atoms with van der Waals surface area (Å²) >= 11 is 0. The van der Waals surface area contributed by atoms with Crippen molar-refractivity contribution < 1.29 is 33.3 Å². The number of carbonyl (C=O) groups excluding carboxylic acids is 2. The molecule has 1 aliphatic heterocycles. The standard InChI is InChI=1S/C34H41NO7/c1-6-15-41-28-14-12-22(19-30(28)40-5)32-31(34(37)42-24-9-7-8-10-24)20(2)35-25-16-23(17-26(36)33(25)32)21-11-13-27(38-3)29(18-21)39-4/h11-14,18-19,23-24,32,35H,6-10,15-17H2,1-5H3/t23-,32-/m0/s1. The number of esters is 1. The Morgan fingerprint density at radius 3 is 2.21 bits per heavy atom. The summed E-state index contributed by atoms with van der Waals surface area (Å²) in [6, 6.07) is 11.5. The highest BCUT2D eigenvalue weighted by molar-refractivity contribution is 6.04.